The summed E-state index contributed by atoms with van der Waals surface area (Å²) in [6.45, 7) is 5.16. The Morgan fingerprint density at radius 3 is 2.97 bits per heavy atom. The minimum absolute atomic E-state index is 0.0911. The molecule has 2 aromatic heterocycles. The van der Waals surface area contributed by atoms with E-state index in [1.165, 1.54) is 10.9 Å². The maximum Gasteiger partial charge on any atom is 0.475 e. The van der Waals surface area contributed by atoms with Crippen LogP contribution in [0.4, 0.5) is 10.3 Å². The van der Waals surface area contributed by atoms with Crippen LogP contribution >= 0.6 is 19.4 Å². The third kappa shape index (κ3) is 3.58. The number of nitrogens with zero attached hydrogens (tertiary/aromatic N) is 4. The number of fused-ring (bicyclic) bond motifs is 2. The third-order valence-corrected chi connectivity index (χ3v) is 6.30. The fraction of sp³-hybridized carbons (Fsp3) is 0.667. The summed E-state index contributed by atoms with van der Waals surface area (Å²) in [6, 6.07) is 0. The average molecular weight is 452 g/mol. The number of hydrogen-bond acceptors (Lipinski definition) is 10. The predicted molar refractivity (Wildman–Crippen MR) is 99.2 cm³/mol. The maximum absolute atomic E-state index is 15.7. The number of ether oxygens (including phenoxy) is 2. The van der Waals surface area contributed by atoms with Gasteiger partial charge in [0.15, 0.2) is 23.5 Å². The number of halogens is 2. The van der Waals surface area contributed by atoms with Crippen LogP contribution in [-0.4, -0.2) is 56.2 Å². The van der Waals surface area contributed by atoms with Gasteiger partial charge in [0.2, 0.25) is 11.8 Å². The summed E-state index contributed by atoms with van der Waals surface area (Å²) in [5.74, 6) is 0.0594. The number of rotatable bonds is 5. The van der Waals surface area contributed by atoms with Crippen molar-refractivity contribution < 1.29 is 32.0 Å². The molecule has 160 valence electrons. The first-order valence-electron chi connectivity index (χ1n) is 8.92. The summed E-state index contributed by atoms with van der Waals surface area (Å²) >= 11 is 6.20. The molecule has 4 rings (SSSR count). The van der Waals surface area contributed by atoms with E-state index in [1.807, 2.05) is 0 Å². The van der Waals surface area contributed by atoms with Crippen molar-refractivity contribution in [3.8, 4) is 5.88 Å². The lowest BCUT2D eigenvalue weighted by Crippen LogP contribution is -2.43. The lowest BCUT2D eigenvalue weighted by Gasteiger charge is -2.33. The molecule has 2 N–H and O–H groups in total. The van der Waals surface area contributed by atoms with Crippen molar-refractivity contribution in [2.24, 2.45) is 0 Å². The van der Waals surface area contributed by atoms with Crippen molar-refractivity contribution in [1.29, 1.82) is 0 Å². The van der Waals surface area contributed by atoms with E-state index in [-0.39, 0.29) is 29.6 Å². The molecule has 0 aliphatic carbocycles. The lowest BCUT2D eigenvalue weighted by molar-refractivity contribution is -0.0733. The minimum Gasteiger partial charge on any atom is -0.476 e. The molecular weight excluding hydrogens is 432 g/mol. The van der Waals surface area contributed by atoms with Gasteiger partial charge in [-0.05, 0) is 20.8 Å². The molecule has 0 amide bonds. The summed E-state index contributed by atoms with van der Waals surface area (Å²) in [4.78, 5) is 12.3. The summed E-state index contributed by atoms with van der Waals surface area (Å²) in [5, 5.41) is -2.62. The fourth-order valence-electron chi connectivity index (χ4n) is 3.20. The largest absolute Gasteiger partial charge is 0.476 e. The number of nitrogen functional groups attached to an aromatic ring is 1. The van der Waals surface area contributed by atoms with Crippen molar-refractivity contribution in [2.75, 3.05) is 18.9 Å². The van der Waals surface area contributed by atoms with E-state index < -0.39 is 37.5 Å². The van der Waals surface area contributed by atoms with Crippen LogP contribution in [0.25, 0.3) is 11.2 Å². The molecule has 2 saturated heterocycles. The second-order valence-corrected chi connectivity index (χ2v) is 8.92. The summed E-state index contributed by atoms with van der Waals surface area (Å²) < 4.78 is 56.4. The molecule has 2 aromatic rings. The van der Waals surface area contributed by atoms with Gasteiger partial charge in [0.1, 0.15) is 6.10 Å². The Morgan fingerprint density at radius 1 is 1.52 bits per heavy atom. The number of alkyl halides is 2. The quantitative estimate of drug-likeness (QED) is 0.534. The highest BCUT2D eigenvalue weighted by molar-refractivity contribution is 7.48. The number of anilines is 1. The third-order valence-electron chi connectivity index (χ3n) is 4.27. The Morgan fingerprint density at radius 2 is 2.28 bits per heavy atom. The van der Waals surface area contributed by atoms with Gasteiger partial charge >= 0.3 is 7.82 Å². The summed E-state index contributed by atoms with van der Waals surface area (Å²) in [7, 11) is -3.99. The van der Waals surface area contributed by atoms with Crippen molar-refractivity contribution in [3.05, 3.63) is 6.33 Å². The van der Waals surface area contributed by atoms with E-state index >= 15 is 4.39 Å². The van der Waals surface area contributed by atoms with Gasteiger partial charge in [-0.15, -0.1) is 0 Å². The Bertz CT molecular complexity index is 974. The highest BCUT2D eigenvalue weighted by atomic mass is 35.5. The van der Waals surface area contributed by atoms with Crippen molar-refractivity contribution in [1.82, 2.24) is 19.5 Å². The van der Waals surface area contributed by atoms with E-state index in [9.17, 15) is 4.57 Å². The molecule has 0 unspecified atom stereocenters. The van der Waals surface area contributed by atoms with Crippen molar-refractivity contribution >= 4 is 36.5 Å². The number of phosphoric ester groups is 1. The average Bonchev–Trinajstić information content (AvgIpc) is 3.13. The van der Waals surface area contributed by atoms with Gasteiger partial charge in [-0.2, -0.15) is 9.97 Å². The van der Waals surface area contributed by atoms with Crippen molar-refractivity contribution in [3.63, 3.8) is 0 Å². The van der Waals surface area contributed by atoms with Gasteiger partial charge in [0, 0.05) is 0 Å². The highest BCUT2D eigenvalue weighted by Gasteiger charge is 2.63. The standard InChI is InChI=1S/C15H20ClFN5O6P/c1-4-24-12-9-11(20-14(18)21-12)22(6-19-9)13-15(16,17)10-8(26-13)5-25-29(23,28-10)27-7(2)3/h6-8,10,13H,4-5H2,1-3H3,(H2,18,20,21)/t8-,10-,13-,15+,29-/m1/s1. The van der Waals surface area contributed by atoms with E-state index in [2.05, 4.69) is 15.0 Å². The Kier molecular flexibility index (Phi) is 5.21. The number of nitrogens with two attached hydrogens (primary N) is 1. The smallest absolute Gasteiger partial charge is 0.475 e. The molecule has 14 heteroatoms. The molecule has 0 bridgehead atoms. The van der Waals surface area contributed by atoms with Crippen LogP contribution in [0.3, 0.4) is 0 Å². The Hall–Kier alpha value is -1.56. The second kappa shape index (κ2) is 7.29. The lowest BCUT2D eigenvalue weighted by atomic mass is 10.1. The predicted octanol–water partition coefficient (Wildman–Crippen LogP) is 2.56. The zero-order valence-electron chi connectivity index (χ0n) is 15.8. The van der Waals surface area contributed by atoms with E-state index in [0.29, 0.717) is 6.61 Å². The van der Waals surface area contributed by atoms with E-state index in [1.54, 1.807) is 20.8 Å². The summed E-state index contributed by atoms with van der Waals surface area (Å²) in [6.07, 6.45) is -2.93. The first-order valence-corrected chi connectivity index (χ1v) is 10.8. The molecule has 29 heavy (non-hydrogen) atoms. The van der Waals surface area contributed by atoms with Gasteiger partial charge in [-0.1, -0.05) is 11.6 Å². The number of hydrogen-bond donors (Lipinski definition) is 1. The molecule has 0 spiro atoms. The molecule has 0 saturated carbocycles. The van der Waals surface area contributed by atoms with Crippen LogP contribution in [0.5, 0.6) is 5.88 Å². The molecular formula is C15H20ClFN5O6P. The van der Waals surface area contributed by atoms with Gasteiger partial charge in [0.25, 0.3) is 5.13 Å². The Balaban J connectivity index is 1.70. The number of aromatic nitrogens is 4. The zero-order valence-corrected chi connectivity index (χ0v) is 17.5. The molecule has 2 fully saturated rings. The van der Waals surface area contributed by atoms with Crippen LogP contribution in [-0.2, 0) is 22.9 Å². The number of imidazole rings is 1. The minimum atomic E-state index is -3.99. The van der Waals surface area contributed by atoms with Crippen LogP contribution in [0, 0.1) is 0 Å². The SMILES string of the molecule is CCOc1nc(N)nc2c1ncn2[C@@H]1O[C@@H]2CO[P@](=O)(OC(C)C)O[C@H]2[C@@]1(F)Cl. The monoisotopic (exact) mass is 451 g/mol. The van der Waals surface area contributed by atoms with E-state index in [0.717, 1.165) is 0 Å². The first kappa shape index (κ1) is 20.7. The van der Waals surface area contributed by atoms with Gasteiger partial charge < -0.3 is 15.2 Å². The van der Waals surface area contributed by atoms with Gasteiger partial charge in [-0.25, -0.2) is 13.9 Å². The second-order valence-electron chi connectivity index (χ2n) is 6.77. The fourth-order valence-corrected chi connectivity index (χ4v) is 5.18. The molecule has 4 heterocycles. The molecule has 5 atom stereocenters. The zero-order chi connectivity index (χ0) is 21.0. The normalized spacial score (nSPS) is 34.6. The topological polar surface area (TPSA) is 133 Å². The van der Waals surface area contributed by atoms with Crippen LogP contribution in [0.1, 0.15) is 27.0 Å². The molecule has 0 aromatic carbocycles. The molecule has 2 aliphatic heterocycles. The molecule has 2 aliphatic rings. The molecule has 0 radical (unpaired) electrons. The van der Waals surface area contributed by atoms with Crippen LogP contribution in [0.15, 0.2) is 6.33 Å². The van der Waals surface area contributed by atoms with Gasteiger partial charge in [-0.3, -0.25) is 18.1 Å². The maximum atomic E-state index is 15.7. The summed E-state index contributed by atoms with van der Waals surface area (Å²) in [5.41, 5.74) is 6.16. The van der Waals surface area contributed by atoms with Crippen LogP contribution in [0.2, 0.25) is 0 Å². The molecule has 11 nitrogen and oxygen atoms in total. The number of phosphoric acid groups is 1. The van der Waals surface area contributed by atoms with Gasteiger partial charge in [0.05, 0.1) is 25.6 Å². The Labute approximate surface area is 170 Å². The van der Waals surface area contributed by atoms with Crippen molar-refractivity contribution in [2.45, 2.75) is 50.4 Å². The highest BCUT2D eigenvalue weighted by Crippen LogP contribution is 2.61. The van der Waals surface area contributed by atoms with Crippen LogP contribution < -0.4 is 10.5 Å². The van der Waals surface area contributed by atoms with E-state index in [4.69, 9.17) is 40.4 Å². The first-order chi connectivity index (χ1) is 13.6.